The summed E-state index contributed by atoms with van der Waals surface area (Å²) in [5, 5.41) is 5.76. The zero-order valence-electron chi connectivity index (χ0n) is 22.4. The zero-order valence-corrected chi connectivity index (χ0v) is 22.4. The van der Waals surface area contributed by atoms with Crippen LogP contribution >= 0.6 is 0 Å². The molecule has 0 unspecified atom stereocenters. The molecule has 0 bridgehead atoms. The van der Waals surface area contributed by atoms with Crippen molar-refractivity contribution in [3.05, 3.63) is 94.0 Å². The third-order valence-electron chi connectivity index (χ3n) is 5.66. The molecule has 236 valence electrons. The van der Waals surface area contributed by atoms with Crippen molar-refractivity contribution in [3.63, 3.8) is 0 Å². The molecule has 0 spiro atoms. The Morgan fingerprint density at radius 3 is 1.91 bits per heavy atom. The highest BCUT2D eigenvalue weighted by molar-refractivity contribution is 6.08. The first kappa shape index (κ1) is 33.7. The standard InChI is InChI=1S/C28H21F9N2O5/c1-42-25(41)22-8-7-21(43-9-2-10-44-38-15-16-3-5-18(6-4-16)26(29,30)31)14-23(22)39-24(40)17-11-19(27(32,33)34)13-20(12-17)28(35,36)37/h3-8,11-15H,2,9-10H2,1H3,(H,39,40). The van der Waals surface area contributed by atoms with Gasteiger partial charge in [0, 0.05) is 18.1 Å². The maximum atomic E-state index is 13.2. The van der Waals surface area contributed by atoms with Crippen LogP contribution in [0.1, 0.15) is 49.4 Å². The van der Waals surface area contributed by atoms with Crippen LogP contribution in [-0.2, 0) is 28.1 Å². The summed E-state index contributed by atoms with van der Waals surface area (Å²) in [7, 11) is 1.01. The lowest BCUT2D eigenvalue weighted by atomic mass is 10.0. The Labute approximate surface area is 243 Å². The van der Waals surface area contributed by atoms with Gasteiger partial charge in [-0.3, -0.25) is 4.79 Å². The molecule has 3 aromatic rings. The lowest BCUT2D eigenvalue weighted by molar-refractivity contribution is -0.143. The van der Waals surface area contributed by atoms with Crippen molar-refractivity contribution >= 4 is 23.8 Å². The fourth-order valence-electron chi connectivity index (χ4n) is 3.51. The van der Waals surface area contributed by atoms with Crippen LogP contribution in [0.2, 0.25) is 0 Å². The van der Waals surface area contributed by atoms with Crippen LogP contribution in [0.25, 0.3) is 0 Å². The number of rotatable bonds is 10. The van der Waals surface area contributed by atoms with Gasteiger partial charge in [0.25, 0.3) is 5.91 Å². The second-order valence-electron chi connectivity index (χ2n) is 8.84. The highest BCUT2D eigenvalue weighted by atomic mass is 19.4. The third kappa shape index (κ3) is 9.37. The van der Waals surface area contributed by atoms with Crippen LogP contribution in [0.5, 0.6) is 5.75 Å². The van der Waals surface area contributed by atoms with Crippen LogP contribution in [0.3, 0.4) is 0 Å². The SMILES string of the molecule is COC(=O)c1ccc(OCCCON=Cc2ccc(C(F)(F)F)cc2)cc1NC(=O)c1cc(C(F)(F)F)cc(C(F)(F)F)c1. The highest BCUT2D eigenvalue weighted by Crippen LogP contribution is 2.37. The van der Waals surface area contributed by atoms with Crippen molar-refractivity contribution < 1.29 is 63.4 Å². The maximum Gasteiger partial charge on any atom is 0.416 e. The Balaban J connectivity index is 1.66. The van der Waals surface area contributed by atoms with E-state index < -0.39 is 52.7 Å². The van der Waals surface area contributed by atoms with Gasteiger partial charge in [0.2, 0.25) is 0 Å². The molecule has 3 aromatic carbocycles. The van der Waals surface area contributed by atoms with Gasteiger partial charge in [-0.2, -0.15) is 39.5 Å². The molecule has 0 heterocycles. The molecule has 1 N–H and O–H groups in total. The van der Waals surface area contributed by atoms with Gasteiger partial charge in [0.15, 0.2) is 0 Å². The van der Waals surface area contributed by atoms with Crippen LogP contribution in [0.4, 0.5) is 45.2 Å². The van der Waals surface area contributed by atoms with E-state index in [-0.39, 0.29) is 54.8 Å². The molecule has 0 radical (unpaired) electrons. The molecule has 0 aliphatic heterocycles. The molecule has 0 fully saturated rings. The number of anilines is 1. The number of nitrogens with zero attached hydrogens (tertiary/aromatic N) is 1. The predicted molar refractivity (Wildman–Crippen MR) is 137 cm³/mol. The van der Waals surface area contributed by atoms with E-state index in [9.17, 15) is 49.1 Å². The number of oxime groups is 1. The molecule has 3 rings (SSSR count). The number of nitrogens with one attached hydrogen (secondary N) is 1. The van der Waals surface area contributed by atoms with Gasteiger partial charge >= 0.3 is 24.5 Å². The maximum absolute atomic E-state index is 13.2. The van der Waals surface area contributed by atoms with E-state index in [2.05, 4.69) is 15.2 Å². The topological polar surface area (TPSA) is 86.2 Å². The third-order valence-corrected chi connectivity index (χ3v) is 5.66. The molecule has 1 amide bonds. The molecule has 0 saturated heterocycles. The summed E-state index contributed by atoms with van der Waals surface area (Å²) in [5.74, 6) is -2.28. The summed E-state index contributed by atoms with van der Waals surface area (Å²) in [4.78, 5) is 29.9. The predicted octanol–water partition coefficient (Wildman–Crippen LogP) is 7.60. The van der Waals surface area contributed by atoms with Gasteiger partial charge in [0.05, 0.1) is 47.9 Å². The van der Waals surface area contributed by atoms with Crippen LogP contribution < -0.4 is 10.1 Å². The smallest absolute Gasteiger partial charge is 0.416 e. The number of ether oxygens (including phenoxy) is 2. The minimum Gasteiger partial charge on any atom is -0.493 e. The minimum atomic E-state index is -5.18. The van der Waals surface area contributed by atoms with Crippen molar-refractivity contribution in [1.29, 1.82) is 0 Å². The molecular weight excluding hydrogens is 615 g/mol. The van der Waals surface area contributed by atoms with Gasteiger partial charge in [-0.05, 0) is 48.0 Å². The number of benzene rings is 3. The molecule has 7 nitrogen and oxygen atoms in total. The number of hydrogen-bond donors (Lipinski definition) is 1. The summed E-state index contributed by atoms with van der Waals surface area (Å²) in [6.45, 7) is 0.00137. The molecule has 0 aliphatic rings. The molecular formula is C28H21F9N2O5. The van der Waals surface area contributed by atoms with E-state index in [4.69, 9.17) is 9.57 Å². The van der Waals surface area contributed by atoms with Crippen LogP contribution in [0, 0.1) is 0 Å². The summed E-state index contributed by atoms with van der Waals surface area (Å²) < 4.78 is 127. The molecule has 0 saturated carbocycles. The quantitative estimate of drug-likeness (QED) is 0.0815. The molecule has 0 atom stereocenters. The van der Waals surface area contributed by atoms with E-state index in [1.54, 1.807) is 0 Å². The fraction of sp³-hybridized carbons (Fsp3) is 0.250. The van der Waals surface area contributed by atoms with E-state index in [0.717, 1.165) is 31.4 Å². The second kappa shape index (κ2) is 13.7. The van der Waals surface area contributed by atoms with Gasteiger partial charge in [-0.15, -0.1) is 0 Å². The molecule has 16 heteroatoms. The van der Waals surface area contributed by atoms with Gasteiger partial charge in [-0.1, -0.05) is 17.3 Å². The first-order valence-electron chi connectivity index (χ1n) is 12.3. The van der Waals surface area contributed by atoms with E-state index in [1.165, 1.54) is 24.4 Å². The average molecular weight is 636 g/mol. The number of methoxy groups -OCH3 is 1. The van der Waals surface area contributed by atoms with Crippen molar-refractivity contribution in [2.24, 2.45) is 5.16 Å². The van der Waals surface area contributed by atoms with Crippen molar-refractivity contribution in [3.8, 4) is 5.75 Å². The second-order valence-corrected chi connectivity index (χ2v) is 8.84. The van der Waals surface area contributed by atoms with Crippen LogP contribution in [0.15, 0.2) is 65.8 Å². The van der Waals surface area contributed by atoms with Gasteiger partial charge < -0.3 is 19.6 Å². The fourth-order valence-corrected chi connectivity index (χ4v) is 3.51. The highest BCUT2D eigenvalue weighted by Gasteiger charge is 2.37. The summed E-state index contributed by atoms with van der Waals surface area (Å²) in [5.41, 5.74) is -5.42. The minimum absolute atomic E-state index is 0.0106. The summed E-state index contributed by atoms with van der Waals surface area (Å²) in [6, 6.07) is 8.11. The average Bonchev–Trinajstić information content (AvgIpc) is 2.95. The zero-order chi connectivity index (χ0) is 32.7. The Bertz CT molecular complexity index is 1470. The van der Waals surface area contributed by atoms with E-state index in [0.29, 0.717) is 5.56 Å². The number of esters is 1. The summed E-state index contributed by atoms with van der Waals surface area (Å²) in [6.07, 6.45) is -13.4. The Hall–Kier alpha value is -4.76. The summed E-state index contributed by atoms with van der Waals surface area (Å²) >= 11 is 0. The molecule has 0 aliphatic carbocycles. The number of hydrogen-bond acceptors (Lipinski definition) is 6. The Morgan fingerprint density at radius 2 is 1.36 bits per heavy atom. The van der Waals surface area contributed by atoms with E-state index >= 15 is 0 Å². The number of amides is 1. The number of alkyl halides is 9. The van der Waals surface area contributed by atoms with Crippen LogP contribution in [-0.4, -0.2) is 38.4 Å². The Kier molecular flexibility index (Phi) is 10.5. The first-order chi connectivity index (χ1) is 20.5. The first-order valence-corrected chi connectivity index (χ1v) is 12.3. The Morgan fingerprint density at radius 1 is 0.773 bits per heavy atom. The van der Waals surface area contributed by atoms with Crippen molar-refractivity contribution in [2.45, 2.75) is 24.9 Å². The largest absolute Gasteiger partial charge is 0.493 e. The molecule has 44 heavy (non-hydrogen) atoms. The lowest BCUT2D eigenvalue weighted by Crippen LogP contribution is -2.19. The lowest BCUT2D eigenvalue weighted by Gasteiger charge is -2.15. The number of carbonyl (C=O) groups excluding carboxylic acids is 2. The molecule has 0 aromatic heterocycles. The normalized spacial score (nSPS) is 12.2. The number of halogens is 9. The van der Waals surface area contributed by atoms with Crippen molar-refractivity contribution in [2.75, 3.05) is 25.6 Å². The number of carbonyl (C=O) groups is 2. The van der Waals surface area contributed by atoms with Crippen molar-refractivity contribution in [1.82, 2.24) is 0 Å². The van der Waals surface area contributed by atoms with Gasteiger partial charge in [-0.25, -0.2) is 4.79 Å². The van der Waals surface area contributed by atoms with E-state index in [1.807, 2.05) is 0 Å². The van der Waals surface area contributed by atoms with Gasteiger partial charge in [0.1, 0.15) is 12.4 Å². The monoisotopic (exact) mass is 636 g/mol.